The first-order valence-corrected chi connectivity index (χ1v) is 9.24. The van der Waals surface area contributed by atoms with Crippen LogP contribution in [0.1, 0.15) is 15.9 Å². The predicted octanol–water partition coefficient (Wildman–Crippen LogP) is 4.95. The third kappa shape index (κ3) is 4.17. The molecule has 0 unspecified atom stereocenters. The molecule has 0 saturated heterocycles. The van der Waals surface area contributed by atoms with Crippen LogP contribution in [0.15, 0.2) is 88.1 Å². The number of methoxy groups -OCH3 is 1. The van der Waals surface area contributed by atoms with E-state index in [-0.39, 0.29) is 12.2 Å². The lowest BCUT2D eigenvalue weighted by atomic mass is 10.1. The molecule has 0 N–H and O–H groups in total. The van der Waals surface area contributed by atoms with Crippen LogP contribution in [-0.4, -0.2) is 13.1 Å². The number of rotatable bonds is 6. The molecule has 30 heavy (non-hydrogen) atoms. The molecule has 1 aromatic heterocycles. The molecular weight excluding hydrogens is 384 g/mol. The zero-order chi connectivity index (χ0) is 20.9. The van der Waals surface area contributed by atoms with E-state index < -0.39 is 11.6 Å². The molecule has 0 fully saturated rings. The van der Waals surface area contributed by atoms with Gasteiger partial charge in [-0.05, 0) is 36.4 Å². The van der Waals surface area contributed by atoms with E-state index in [1.807, 2.05) is 18.2 Å². The highest BCUT2D eigenvalue weighted by Crippen LogP contribution is 2.27. The lowest BCUT2D eigenvalue weighted by Crippen LogP contribution is -2.09. The Hall–Kier alpha value is -4.06. The van der Waals surface area contributed by atoms with Crippen LogP contribution in [0.5, 0.6) is 17.2 Å². The molecule has 0 spiro atoms. The minimum absolute atomic E-state index is 0.0903. The number of hydrogen-bond donors (Lipinski definition) is 0. The van der Waals surface area contributed by atoms with Crippen LogP contribution >= 0.6 is 0 Å². The molecule has 150 valence electrons. The van der Waals surface area contributed by atoms with E-state index in [4.69, 9.17) is 18.6 Å². The molecule has 4 aromatic rings. The van der Waals surface area contributed by atoms with Crippen LogP contribution in [0.25, 0.3) is 11.0 Å². The summed E-state index contributed by atoms with van der Waals surface area (Å²) in [5.41, 5.74) is 0.657. The van der Waals surface area contributed by atoms with Crippen molar-refractivity contribution in [2.24, 2.45) is 0 Å². The minimum Gasteiger partial charge on any atom is -0.497 e. The Balaban J connectivity index is 1.57. The van der Waals surface area contributed by atoms with Gasteiger partial charge in [0.15, 0.2) is 0 Å². The predicted molar refractivity (Wildman–Crippen MR) is 111 cm³/mol. The zero-order valence-corrected chi connectivity index (χ0v) is 16.2. The Morgan fingerprint density at radius 1 is 0.900 bits per heavy atom. The maximum Gasteiger partial charge on any atom is 0.342 e. The molecule has 0 aliphatic carbocycles. The van der Waals surface area contributed by atoms with Crippen molar-refractivity contribution >= 4 is 16.9 Å². The molecule has 0 atom stereocenters. The van der Waals surface area contributed by atoms with Crippen molar-refractivity contribution < 1.29 is 23.4 Å². The summed E-state index contributed by atoms with van der Waals surface area (Å²) in [5.74, 6) is 0.998. The summed E-state index contributed by atoms with van der Waals surface area (Å²) in [6.45, 7) is -0.0903. The fourth-order valence-corrected chi connectivity index (χ4v) is 3.02. The summed E-state index contributed by atoms with van der Waals surface area (Å²) in [5, 5.41) is 0.664. The normalized spacial score (nSPS) is 10.6. The smallest absolute Gasteiger partial charge is 0.342 e. The average molecular weight is 402 g/mol. The van der Waals surface area contributed by atoms with Gasteiger partial charge in [0.1, 0.15) is 35.0 Å². The van der Waals surface area contributed by atoms with Crippen LogP contribution in [0.4, 0.5) is 0 Å². The fourth-order valence-electron chi connectivity index (χ4n) is 3.02. The van der Waals surface area contributed by atoms with Gasteiger partial charge in [0, 0.05) is 23.1 Å². The van der Waals surface area contributed by atoms with Gasteiger partial charge in [-0.25, -0.2) is 9.59 Å². The Morgan fingerprint density at radius 2 is 1.67 bits per heavy atom. The number of carbonyl (C=O) groups is 1. The number of para-hydroxylation sites is 2. The zero-order valence-electron chi connectivity index (χ0n) is 16.2. The van der Waals surface area contributed by atoms with E-state index in [0.717, 1.165) is 0 Å². The summed E-state index contributed by atoms with van der Waals surface area (Å²) in [6, 6.07) is 22.4. The quantitative estimate of drug-likeness (QED) is 0.336. The van der Waals surface area contributed by atoms with Gasteiger partial charge in [0.2, 0.25) is 0 Å². The maximum absolute atomic E-state index is 12.7. The van der Waals surface area contributed by atoms with Gasteiger partial charge < -0.3 is 18.6 Å². The second-order valence-corrected chi connectivity index (χ2v) is 6.44. The number of fused-ring (bicyclic) bond motifs is 1. The Labute approximate surface area is 172 Å². The second-order valence-electron chi connectivity index (χ2n) is 6.44. The molecule has 0 aliphatic rings. The molecule has 0 aliphatic heterocycles. The Kier molecular flexibility index (Phi) is 5.48. The average Bonchev–Trinajstić information content (AvgIpc) is 2.77. The first kappa shape index (κ1) is 19.3. The minimum atomic E-state index is -0.559. The van der Waals surface area contributed by atoms with Crippen molar-refractivity contribution in [3.8, 4) is 17.2 Å². The number of carbonyl (C=O) groups excluding carboxylic acids is 1. The van der Waals surface area contributed by atoms with Gasteiger partial charge >= 0.3 is 11.6 Å². The van der Waals surface area contributed by atoms with E-state index in [1.165, 1.54) is 13.2 Å². The molecule has 6 nitrogen and oxygen atoms in total. The van der Waals surface area contributed by atoms with Crippen molar-refractivity contribution in [1.29, 1.82) is 0 Å². The van der Waals surface area contributed by atoms with E-state index in [0.29, 0.717) is 33.8 Å². The van der Waals surface area contributed by atoms with Gasteiger partial charge in [0.25, 0.3) is 0 Å². The van der Waals surface area contributed by atoms with Crippen LogP contribution in [0, 0.1) is 0 Å². The van der Waals surface area contributed by atoms with Crippen molar-refractivity contribution in [3.05, 3.63) is 100 Å². The lowest BCUT2D eigenvalue weighted by Gasteiger charge is -2.12. The van der Waals surface area contributed by atoms with Gasteiger partial charge in [0.05, 0.1) is 7.11 Å². The summed E-state index contributed by atoms with van der Waals surface area (Å²) < 4.78 is 21.7. The van der Waals surface area contributed by atoms with E-state index in [9.17, 15) is 9.59 Å². The molecule has 0 bridgehead atoms. The number of ether oxygens (including phenoxy) is 3. The first-order valence-electron chi connectivity index (χ1n) is 9.24. The summed E-state index contributed by atoms with van der Waals surface area (Å²) in [6.07, 6.45) is 0. The van der Waals surface area contributed by atoms with Gasteiger partial charge in [-0.3, -0.25) is 0 Å². The van der Waals surface area contributed by atoms with Gasteiger partial charge in [-0.1, -0.05) is 30.3 Å². The highest BCUT2D eigenvalue weighted by atomic mass is 16.5. The molecular formula is C24H18O6. The van der Waals surface area contributed by atoms with Crippen molar-refractivity contribution in [3.63, 3.8) is 0 Å². The molecule has 6 heteroatoms. The highest BCUT2D eigenvalue weighted by molar-refractivity contribution is 5.92. The van der Waals surface area contributed by atoms with Gasteiger partial charge in [-0.15, -0.1) is 0 Å². The molecule has 0 amide bonds. The molecule has 4 rings (SSSR count). The number of benzene rings is 3. The largest absolute Gasteiger partial charge is 0.497 e. The summed E-state index contributed by atoms with van der Waals surface area (Å²) >= 11 is 0. The van der Waals surface area contributed by atoms with Crippen molar-refractivity contribution in [2.75, 3.05) is 7.11 Å². The Morgan fingerprint density at radius 3 is 2.47 bits per heavy atom. The monoisotopic (exact) mass is 402 g/mol. The third-order valence-corrected chi connectivity index (χ3v) is 4.47. The van der Waals surface area contributed by atoms with E-state index in [2.05, 4.69) is 0 Å². The molecule has 0 radical (unpaired) electrons. The van der Waals surface area contributed by atoms with Crippen molar-refractivity contribution in [1.82, 2.24) is 0 Å². The molecule has 0 saturated carbocycles. The van der Waals surface area contributed by atoms with E-state index in [1.54, 1.807) is 54.6 Å². The molecule has 1 heterocycles. The number of esters is 1. The third-order valence-electron chi connectivity index (χ3n) is 4.47. The van der Waals surface area contributed by atoms with Crippen molar-refractivity contribution in [2.45, 2.75) is 6.61 Å². The topological polar surface area (TPSA) is 75.0 Å². The highest BCUT2D eigenvalue weighted by Gasteiger charge is 2.16. The standard InChI is InChI=1S/C24H18O6/c1-27-18-11-12-19-16(13-23(25)30-22(19)14-18)15-28-24(26)20-9-5-6-10-21(20)29-17-7-3-2-4-8-17/h2-14H,15H2,1H3. The molecule has 3 aromatic carbocycles. The lowest BCUT2D eigenvalue weighted by molar-refractivity contribution is 0.0471. The first-order chi connectivity index (χ1) is 14.6. The van der Waals surface area contributed by atoms with Crippen LogP contribution in [-0.2, 0) is 11.3 Å². The van der Waals surface area contributed by atoms with Crippen LogP contribution < -0.4 is 15.1 Å². The Bertz CT molecular complexity index is 1240. The van der Waals surface area contributed by atoms with Gasteiger partial charge in [-0.2, -0.15) is 0 Å². The second kappa shape index (κ2) is 8.53. The fraction of sp³-hybridized carbons (Fsp3) is 0.0833. The summed E-state index contributed by atoms with van der Waals surface area (Å²) in [4.78, 5) is 24.6. The SMILES string of the molecule is COc1ccc2c(COC(=O)c3ccccc3Oc3ccccc3)cc(=O)oc2c1. The summed E-state index contributed by atoms with van der Waals surface area (Å²) in [7, 11) is 1.53. The van der Waals surface area contributed by atoms with Crippen LogP contribution in [0.3, 0.4) is 0 Å². The number of hydrogen-bond acceptors (Lipinski definition) is 6. The van der Waals surface area contributed by atoms with E-state index >= 15 is 0 Å². The maximum atomic E-state index is 12.7. The van der Waals surface area contributed by atoms with Crippen LogP contribution in [0.2, 0.25) is 0 Å².